The fraction of sp³-hybridized carbons (Fsp3) is 0.0625. The molecule has 0 saturated heterocycles. The Morgan fingerprint density at radius 3 is 2.40 bits per heavy atom. The van der Waals surface area contributed by atoms with Crippen molar-refractivity contribution in [2.45, 2.75) is 6.29 Å². The van der Waals surface area contributed by atoms with Gasteiger partial charge in [0, 0.05) is 11.1 Å². The molecule has 0 unspecified atom stereocenters. The van der Waals surface area contributed by atoms with E-state index in [-0.39, 0.29) is 0 Å². The number of carbonyl (C=O) groups is 1. The van der Waals surface area contributed by atoms with Crippen LogP contribution in [0.15, 0.2) is 61.1 Å². The summed E-state index contributed by atoms with van der Waals surface area (Å²) in [7, 11) is 0. The van der Waals surface area contributed by atoms with E-state index in [4.69, 9.17) is 14.2 Å². The highest BCUT2D eigenvalue weighted by Crippen LogP contribution is 2.29. The molecule has 1 aliphatic rings. The molecule has 0 saturated carbocycles. The predicted molar refractivity (Wildman–Crippen MR) is 72.4 cm³/mol. The van der Waals surface area contributed by atoms with E-state index in [0.717, 1.165) is 11.8 Å². The Morgan fingerprint density at radius 2 is 1.65 bits per heavy atom. The molecule has 0 fully saturated rings. The average molecular weight is 268 g/mol. The third-order valence-electron chi connectivity index (χ3n) is 2.82. The van der Waals surface area contributed by atoms with E-state index in [2.05, 4.69) is 0 Å². The van der Waals surface area contributed by atoms with Crippen LogP contribution in [0.3, 0.4) is 0 Å². The number of ether oxygens (including phenoxy) is 3. The van der Waals surface area contributed by atoms with Crippen molar-refractivity contribution >= 4 is 6.29 Å². The molecule has 0 atom stereocenters. The minimum atomic E-state index is -0.431. The van der Waals surface area contributed by atoms with E-state index in [0.29, 0.717) is 17.1 Å². The smallest absolute Gasteiger partial charge is 0.266 e. The molecule has 2 aromatic carbocycles. The second-order valence-electron chi connectivity index (χ2n) is 4.24. The van der Waals surface area contributed by atoms with Gasteiger partial charge in [-0.05, 0) is 24.3 Å². The Labute approximate surface area is 116 Å². The lowest BCUT2D eigenvalue weighted by Gasteiger charge is -2.12. The van der Waals surface area contributed by atoms with Gasteiger partial charge in [0.15, 0.2) is 0 Å². The van der Waals surface area contributed by atoms with Crippen LogP contribution in [0.1, 0.15) is 22.2 Å². The molecule has 0 aromatic heterocycles. The summed E-state index contributed by atoms with van der Waals surface area (Å²) >= 11 is 0. The number of hydrogen-bond donors (Lipinski definition) is 0. The largest absolute Gasteiger partial charge is 0.457 e. The number of aldehydes is 1. The van der Waals surface area contributed by atoms with Gasteiger partial charge in [0.05, 0.1) is 0 Å². The molecule has 1 heterocycles. The molecule has 20 heavy (non-hydrogen) atoms. The average Bonchev–Trinajstić information content (AvgIpc) is 3.02. The zero-order valence-electron chi connectivity index (χ0n) is 10.6. The summed E-state index contributed by atoms with van der Waals surface area (Å²) in [5, 5.41) is 0. The van der Waals surface area contributed by atoms with Crippen molar-refractivity contribution in [3.05, 3.63) is 72.2 Å². The fourth-order valence-electron chi connectivity index (χ4n) is 1.91. The Balaban J connectivity index is 1.79. The molecule has 4 heteroatoms. The van der Waals surface area contributed by atoms with Crippen molar-refractivity contribution in [1.29, 1.82) is 0 Å². The van der Waals surface area contributed by atoms with E-state index < -0.39 is 6.29 Å². The lowest BCUT2D eigenvalue weighted by atomic mass is 10.2. The van der Waals surface area contributed by atoms with Crippen LogP contribution in [0.2, 0.25) is 0 Å². The Kier molecular flexibility index (Phi) is 3.37. The number of rotatable bonds is 4. The maximum absolute atomic E-state index is 10.7. The van der Waals surface area contributed by atoms with Gasteiger partial charge in [-0.3, -0.25) is 4.79 Å². The molecule has 3 rings (SSSR count). The first-order valence-corrected chi connectivity index (χ1v) is 6.14. The molecule has 2 aromatic rings. The van der Waals surface area contributed by atoms with Gasteiger partial charge < -0.3 is 14.2 Å². The quantitative estimate of drug-likeness (QED) is 0.791. The Bertz CT molecular complexity index is 640. The van der Waals surface area contributed by atoms with Gasteiger partial charge in [0.25, 0.3) is 6.29 Å². The van der Waals surface area contributed by atoms with Gasteiger partial charge in [-0.15, -0.1) is 0 Å². The van der Waals surface area contributed by atoms with E-state index in [1.807, 2.05) is 24.3 Å². The molecule has 0 amide bonds. The first kappa shape index (κ1) is 12.3. The molecule has 1 aliphatic heterocycles. The monoisotopic (exact) mass is 268 g/mol. The number of hydrogen-bond acceptors (Lipinski definition) is 4. The summed E-state index contributed by atoms with van der Waals surface area (Å²) in [6, 6.07) is 14.4. The van der Waals surface area contributed by atoms with Gasteiger partial charge in [0.2, 0.25) is 0 Å². The first-order valence-electron chi connectivity index (χ1n) is 6.14. The Hall–Kier alpha value is -2.75. The summed E-state index contributed by atoms with van der Waals surface area (Å²) in [6.45, 7) is 0. The molecule has 4 nitrogen and oxygen atoms in total. The summed E-state index contributed by atoms with van der Waals surface area (Å²) in [5.41, 5.74) is 1.43. The van der Waals surface area contributed by atoms with E-state index in [1.54, 1.807) is 24.3 Å². The summed E-state index contributed by atoms with van der Waals surface area (Å²) < 4.78 is 16.3. The van der Waals surface area contributed by atoms with E-state index >= 15 is 0 Å². The molecule has 0 radical (unpaired) electrons. The maximum atomic E-state index is 10.7. The van der Waals surface area contributed by atoms with Crippen molar-refractivity contribution < 1.29 is 19.0 Å². The Morgan fingerprint density at radius 1 is 0.950 bits per heavy atom. The molecular formula is C16H12O4. The third-order valence-corrected chi connectivity index (χ3v) is 2.82. The van der Waals surface area contributed by atoms with Crippen LogP contribution in [0.5, 0.6) is 11.5 Å². The minimum Gasteiger partial charge on any atom is -0.457 e. The normalized spacial score (nSPS) is 13.6. The highest BCUT2D eigenvalue weighted by atomic mass is 16.7. The fourth-order valence-corrected chi connectivity index (χ4v) is 1.91. The second kappa shape index (κ2) is 5.48. The van der Waals surface area contributed by atoms with Crippen LogP contribution in [0.4, 0.5) is 0 Å². The lowest BCUT2D eigenvalue weighted by Crippen LogP contribution is -1.97. The highest BCUT2D eigenvalue weighted by molar-refractivity contribution is 5.75. The molecule has 0 aliphatic carbocycles. The van der Waals surface area contributed by atoms with Gasteiger partial charge >= 0.3 is 0 Å². The van der Waals surface area contributed by atoms with Gasteiger partial charge in [0.1, 0.15) is 30.3 Å². The minimum absolute atomic E-state index is 0.431. The van der Waals surface area contributed by atoms with Crippen LogP contribution in [0, 0.1) is 0 Å². The third kappa shape index (κ3) is 2.64. The van der Waals surface area contributed by atoms with Crippen molar-refractivity contribution in [1.82, 2.24) is 0 Å². The predicted octanol–water partition coefficient (Wildman–Crippen LogP) is 3.81. The first-order chi connectivity index (χ1) is 9.85. The van der Waals surface area contributed by atoms with Crippen molar-refractivity contribution in [3.63, 3.8) is 0 Å². The van der Waals surface area contributed by atoms with E-state index in [9.17, 15) is 4.79 Å². The molecule has 0 bridgehead atoms. The van der Waals surface area contributed by atoms with Crippen LogP contribution >= 0.6 is 0 Å². The number of benzene rings is 2. The SMILES string of the molecule is O=Cc1cccc(Oc2cccc(C3OC=CO3)c2)c1. The van der Waals surface area contributed by atoms with Crippen LogP contribution in [-0.2, 0) is 9.47 Å². The van der Waals surface area contributed by atoms with Crippen molar-refractivity contribution in [2.75, 3.05) is 0 Å². The molecular weight excluding hydrogens is 256 g/mol. The molecule has 0 N–H and O–H groups in total. The topological polar surface area (TPSA) is 44.8 Å². The maximum Gasteiger partial charge on any atom is 0.266 e. The van der Waals surface area contributed by atoms with Crippen molar-refractivity contribution in [3.8, 4) is 11.5 Å². The highest BCUT2D eigenvalue weighted by Gasteiger charge is 2.15. The number of carbonyl (C=O) groups excluding carboxylic acids is 1. The second-order valence-corrected chi connectivity index (χ2v) is 4.24. The van der Waals surface area contributed by atoms with Gasteiger partial charge in [-0.25, -0.2) is 0 Å². The summed E-state index contributed by atoms with van der Waals surface area (Å²) in [4.78, 5) is 10.7. The van der Waals surface area contributed by atoms with Crippen LogP contribution in [0.25, 0.3) is 0 Å². The summed E-state index contributed by atoms with van der Waals surface area (Å²) in [6.07, 6.45) is 3.37. The molecule has 100 valence electrons. The van der Waals surface area contributed by atoms with E-state index in [1.165, 1.54) is 12.5 Å². The van der Waals surface area contributed by atoms with Gasteiger partial charge in [-0.2, -0.15) is 0 Å². The van der Waals surface area contributed by atoms with Crippen LogP contribution < -0.4 is 4.74 Å². The summed E-state index contributed by atoms with van der Waals surface area (Å²) in [5.74, 6) is 1.27. The standard InChI is InChI=1S/C16H12O4/c17-11-12-3-1-5-14(9-12)20-15-6-2-4-13(10-15)16-18-7-8-19-16/h1-11,16H. The lowest BCUT2D eigenvalue weighted by molar-refractivity contribution is -0.0247. The van der Waals surface area contributed by atoms with Crippen LogP contribution in [-0.4, -0.2) is 6.29 Å². The zero-order valence-corrected chi connectivity index (χ0v) is 10.6. The van der Waals surface area contributed by atoms with Crippen molar-refractivity contribution in [2.24, 2.45) is 0 Å². The van der Waals surface area contributed by atoms with Gasteiger partial charge in [-0.1, -0.05) is 24.3 Å². The zero-order chi connectivity index (χ0) is 13.8. The molecule has 0 spiro atoms.